The Morgan fingerprint density at radius 1 is 1.04 bits per heavy atom. The molecular weight excluding hydrogens is 370 g/mol. The van der Waals surface area contributed by atoms with E-state index in [0.717, 1.165) is 50.7 Å². The Balaban J connectivity index is 1.26. The molecule has 28 heavy (non-hydrogen) atoms. The summed E-state index contributed by atoms with van der Waals surface area (Å²) in [4.78, 5) is 27.5. The van der Waals surface area contributed by atoms with E-state index in [1.165, 1.54) is 30.6 Å². The molecule has 0 atom stereocenters. The minimum Gasteiger partial charge on any atom is -0.369 e. The van der Waals surface area contributed by atoms with Crippen molar-refractivity contribution in [1.29, 1.82) is 0 Å². The zero-order valence-electron chi connectivity index (χ0n) is 16.3. The van der Waals surface area contributed by atoms with Crippen molar-refractivity contribution in [2.45, 2.75) is 45.1 Å². The molecule has 2 aliphatic rings. The van der Waals surface area contributed by atoms with Gasteiger partial charge in [-0.05, 0) is 37.1 Å². The molecule has 0 spiro atoms. The van der Waals surface area contributed by atoms with Crippen LogP contribution in [0.15, 0.2) is 29.9 Å². The molecule has 0 bridgehead atoms. The van der Waals surface area contributed by atoms with Crippen LogP contribution < -0.4 is 15.1 Å². The maximum absolute atomic E-state index is 12.4. The monoisotopic (exact) mass is 399 g/mol. The van der Waals surface area contributed by atoms with Gasteiger partial charge in [0.1, 0.15) is 0 Å². The number of rotatable bonds is 5. The fourth-order valence-corrected chi connectivity index (χ4v) is 4.69. The van der Waals surface area contributed by atoms with Crippen LogP contribution in [-0.2, 0) is 11.3 Å². The molecule has 150 valence electrons. The summed E-state index contributed by atoms with van der Waals surface area (Å²) in [5, 5.41) is 5.12. The number of aromatic nitrogens is 2. The zero-order valence-corrected chi connectivity index (χ0v) is 17.2. The topological polar surface area (TPSA) is 61.4 Å². The Morgan fingerprint density at radius 3 is 2.39 bits per heavy atom. The number of hydrogen-bond donors (Lipinski definition) is 1. The Morgan fingerprint density at radius 2 is 1.75 bits per heavy atom. The molecule has 0 radical (unpaired) electrons. The molecule has 4 rings (SSSR count). The third-order valence-electron chi connectivity index (χ3n) is 5.76. The largest absolute Gasteiger partial charge is 0.369 e. The standard InChI is InChI=1S/C21H29N5OS/c27-20(22-16-19-6-5-13-28-19)17-7-11-25(12-8-17)18-14-23-21(24-15-18)26-9-3-1-2-4-10-26/h5-6,13-15,17H,1-4,7-12,16H2,(H,22,27). The van der Waals surface area contributed by atoms with Crippen LogP contribution in [0.3, 0.4) is 0 Å². The van der Waals surface area contributed by atoms with E-state index < -0.39 is 0 Å². The van der Waals surface area contributed by atoms with Gasteiger partial charge in [-0.2, -0.15) is 0 Å². The highest BCUT2D eigenvalue weighted by molar-refractivity contribution is 7.09. The predicted molar refractivity (Wildman–Crippen MR) is 114 cm³/mol. The van der Waals surface area contributed by atoms with Gasteiger partial charge >= 0.3 is 0 Å². The highest BCUT2D eigenvalue weighted by Crippen LogP contribution is 2.24. The van der Waals surface area contributed by atoms with Crippen molar-refractivity contribution in [2.24, 2.45) is 5.92 Å². The van der Waals surface area contributed by atoms with Crippen molar-refractivity contribution in [2.75, 3.05) is 36.0 Å². The Kier molecular flexibility index (Phi) is 6.41. The van der Waals surface area contributed by atoms with Crippen molar-refractivity contribution < 1.29 is 4.79 Å². The van der Waals surface area contributed by atoms with E-state index in [0.29, 0.717) is 6.54 Å². The summed E-state index contributed by atoms with van der Waals surface area (Å²) in [7, 11) is 0. The summed E-state index contributed by atoms with van der Waals surface area (Å²) in [6.45, 7) is 4.52. The van der Waals surface area contributed by atoms with E-state index in [9.17, 15) is 4.79 Å². The Labute approximate surface area is 171 Å². The average molecular weight is 400 g/mol. The predicted octanol–water partition coefficient (Wildman–Crippen LogP) is 3.45. The highest BCUT2D eigenvalue weighted by atomic mass is 32.1. The van der Waals surface area contributed by atoms with Gasteiger partial charge in [0.15, 0.2) is 0 Å². The lowest BCUT2D eigenvalue weighted by Gasteiger charge is -2.32. The van der Waals surface area contributed by atoms with Crippen LogP contribution in [-0.4, -0.2) is 42.1 Å². The first kappa shape index (κ1) is 19.2. The molecule has 6 nitrogen and oxygen atoms in total. The molecule has 7 heteroatoms. The highest BCUT2D eigenvalue weighted by Gasteiger charge is 2.25. The molecule has 2 aromatic rings. The molecule has 4 heterocycles. The number of amides is 1. The first-order valence-corrected chi connectivity index (χ1v) is 11.3. The average Bonchev–Trinajstić information content (AvgIpc) is 3.12. The second-order valence-electron chi connectivity index (χ2n) is 7.70. The van der Waals surface area contributed by atoms with Crippen LogP contribution in [0, 0.1) is 5.92 Å². The number of anilines is 2. The summed E-state index contributed by atoms with van der Waals surface area (Å²) in [5.74, 6) is 1.14. The van der Waals surface area contributed by atoms with Gasteiger partial charge in [0.05, 0.1) is 24.6 Å². The van der Waals surface area contributed by atoms with Gasteiger partial charge in [-0.1, -0.05) is 18.9 Å². The van der Waals surface area contributed by atoms with Crippen LogP contribution in [0.1, 0.15) is 43.4 Å². The quantitative estimate of drug-likeness (QED) is 0.834. The number of carbonyl (C=O) groups is 1. The molecule has 2 aliphatic heterocycles. The van der Waals surface area contributed by atoms with Crippen molar-refractivity contribution in [3.05, 3.63) is 34.8 Å². The van der Waals surface area contributed by atoms with Crippen LogP contribution >= 0.6 is 11.3 Å². The molecule has 2 aromatic heterocycles. The van der Waals surface area contributed by atoms with Gasteiger partial charge in [-0.25, -0.2) is 9.97 Å². The lowest BCUT2D eigenvalue weighted by atomic mass is 9.95. The zero-order chi connectivity index (χ0) is 19.2. The van der Waals surface area contributed by atoms with Gasteiger partial charge in [-0.15, -0.1) is 11.3 Å². The van der Waals surface area contributed by atoms with E-state index in [4.69, 9.17) is 0 Å². The summed E-state index contributed by atoms with van der Waals surface area (Å²) in [6, 6.07) is 4.08. The van der Waals surface area contributed by atoms with Crippen LogP contribution in [0.2, 0.25) is 0 Å². The number of carbonyl (C=O) groups excluding carboxylic acids is 1. The van der Waals surface area contributed by atoms with Gasteiger partial charge in [0.25, 0.3) is 0 Å². The first-order chi connectivity index (χ1) is 13.8. The fraction of sp³-hybridized carbons (Fsp3) is 0.571. The first-order valence-electron chi connectivity index (χ1n) is 10.4. The number of hydrogen-bond acceptors (Lipinski definition) is 6. The maximum atomic E-state index is 12.4. The van der Waals surface area contributed by atoms with E-state index in [2.05, 4.69) is 31.2 Å². The molecule has 1 amide bonds. The summed E-state index contributed by atoms with van der Waals surface area (Å²) >= 11 is 1.68. The van der Waals surface area contributed by atoms with E-state index in [1.807, 2.05) is 23.8 Å². The van der Waals surface area contributed by atoms with Crippen molar-refractivity contribution in [3.8, 4) is 0 Å². The third kappa shape index (κ3) is 4.82. The number of nitrogens with zero attached hydrogens (tertiary/aromatic N) is 4. The minimum absolute atomic E-state index is 0.105. The lowest BCUT2D eigenvalue weighted by Crippen LogP contribution is -2.40. The van der Waals surface area contributed by atoms with Crippen molar-refractivity contribution in [1.82, 2.24) is 15.3 Å². The third-order valence-corrected chi connectivity index (χ3v) is 6.64. The number of piperidine rings is 1. The van der Waals surface area contributed by atoms with Gasteiger partial charge < -0.3 is 15.1 Å². The summed E-state index contributed by atoms with van der Waals surface area (Å²) < 4.78 is 0. The maximum Gasteiger partial charge on any atom is 0.225 e. The van der Waals surface area contributed by atoms with Crippen LogP contribution in [0.5, 0.6) is 0 Å². The lowest BCUT2D eigenvalue weighted by molar-refractivity contribution is -0.125. The van der Waals surface area contributed by atoms with Crippen molar-refractivity contribution >= 4 is 28.9 Å². The Bertz CT molecular complexity index is 733. The summed E-state index contributed by atoms with van der Waals surface area (Å²) in [6.07, 6.45) is 10.7. The molecule has 0 aromatic carbocycles. The van der Waals surface area contributed by atoms with Crippen LogP contribution in [0.4, 0.5) is 11.6 Å². The van der Waals surface area contributed by atoms with E-state index >= 15 is 0 Å². The molecule has 0 unspecified atom stereocenters. The smallest absolute Gasteiger partial charge is 0.225 e. The van der Waals surface area contributed by atoms with Gasteiger partial charge in [0.2, 0.25) is 11.9 Å². The molecule has 1 N–H and O–H groups in total. The molecular formula is C21H29N5OS. The SMILES string of the molecule is O=C(NCc1cccs1)C1CCN(c2cnc(N3CCCCCC3)nc2)CC1. The normalized spacial score (nSPS) is 18.7. The van der Waals surface area contributed by atoms with Gasteiger partial charge in [-0.3, -0.25) is 4.79 Å². The second-order valence-corrected chi connectivity index (χ2v) is 8.73. The molecule has 0 aliphatic carbocycles. The second kappa shape index (κ2) is 9.37. The Hall–Kier alpha value is -2.15. The number of nitrogens with one attached hydrogen (secondary N) is 1. The van der Waals surface area contributed by atoms with E-state index in [1.54, 1.807) is 11.3 Å². The van der Waals surface area contributed by atoms with Crippen molar-refractivity contribution in [3.63, 3.8) is 0 Å². The fourth-order valence-electron chi connectivity index (χ4n) is 4.04. The van der Waals surface area contributed by atoms with Gasteiger partial charge in [0, 0.05) is 37.0 Å². The molecule has 0 saturated carbocycles. The molecule has 2 saturated heterocycles. The minimum atomic E-state index is 0.105. The number of thiophene rings is 1. The van der Waals surface area contributed by atoms with Crippen LogP contribution in [0.25, 0.3) is 0 Å². The molecule has 2 fully saturated rings. The van der Waals surface area contributed by atoms with E-state index in [-0.39, 0.29) is 11.8 Å². The summed E-state index contributed by atoms with van der Waals surface area (Å²) in [5.41, 5.74) is 1.07.